The minimum absolute atomic E-state index is 0.0248. The number of primary sulfonamides is 1. The average Bonchev–Trinajstić information content (AvgIpc) is 2.62. The van der Waals surface area contributed by atoms with Crippen LogP contribution in [0.2, 0.25) is 0 Å². The number of ether oxygens (including phenoxy) is 1. The molecular formula is C19H23NO4S2. The largest absolute Gasteiger partial charge is 0.465 e. The lowest BCUT2D eigenvalue weighted by molar-refractivity contribution is 0.0600. The molecule has 0 saturated heterocycles. The molecule has 0 radical (unpaired) electrons. The second-order valence-corrected chi connectivity index (χ2v) is 8.52. The van der Waals surface area contributed by atoms with Crippen LogP contribution < -0.4 is 5.14 Å². The molecule has 5 nitrogen and oxygen atoms in total. The Kier molecular flexibility index (Phi) is 7.25. The molecule has 26 heavy (non-hydrogen) atoms. The first-order valence-corrected chi connectivity index (χ1v) is 10.8. The number of nitrogens with two attached hydrogens (primary N) is 1. The Bertz CT molecular complexity index is 865. The molecule has 0 fully saturated rings. The molecule has 0 unspecified atom stereocenters. The second-order valence-electron chi connectivity index (χ2n) is 5.85. The van der Waals surface area contributed by atoms with Crippen LogP contribution in [0.4, 0.5) is 0 Å². The van der Waals surface area contributed by atoms with Crippen molar-refractivity contribution in [1.29, 1.82) is 0 Å². The Labute approximate surface area is 159 Å². The van der Waals surface area contributed by atoms with Gasteiger partial charge in [0.05, 0.1) is 17.6 Å². The summed E-state index contributed by atoms with van der Waals surface area (Å²) in [5.74, 6) is 0.242. The molecule has 0 atom stereocenters. The molecular weight excluding hydrogens is 370 g/mol. The molecule has 0 heterocycles. The first-order chi connectivity index (χ1) is 12.4. The fourth-order valence-electron chi connectivity index (χ4n) is 2.54. The number of hydrogen-bond acceptors (Lipinski definition) is 5. The smallest absolute Gasteiger partial charge is 0.337 e. The minimum atomic E-state index is -3.99. The number of esters is 1. The Morgan fingerprint density at radius 3 is 2.46 bits per heavy atom. The molecule has 7 heteroatoms. The molecule has 0 aromatic heterocycles. The molecule has 0 aliphatic carbocycles. The van der Waals surface area contributed by atoms with Crippen molar-refractivity contribution < 1.29 is 17.9 Å². The van der Waals surface area contributed by atoms with Crippen LogP contribution in [-0.2, 0) is 21.2 Å². The normalized spacial score (nSPS) is 11.3. The van der Waals surface area contributed by atoms with Gasteiger partial charge in [-0.15, -0.1) is 11.8 Å². The predicted molar refractivity (Wildman–Crippen MR) is 104 cm³/mol. The number of rotatable bonds is 8. The van der Waals surface area contributed by atoms with E-state index in [-0.39, 0.29) is 10.5 Å². The van der Waals surface area contributed by atoms with Gasteiger partial charge in [0.15, 0.2) is 0 Å². The van der Waals surface area contributed by atoms with Crippen LogP contribution in [0.5, 0.6) is 0 Å². The number of sulfonamides is 1. The van der Waals surface area contributed by atoms with E-state index >= 15 is 0 Å². The average molecular weight is 394 g/mol. The highest BCUT2D eigenvalue weighted by atomic mass is 32.2. The fourth-order valence-corrected chi connectivity index (χ4v) is 4.64. The lowest BCUT2D eigenvalue weighted by Gasteiger charge is -2.15. The zero-order valence-electron chi connectivity index (χ0n) is 14.9. The molecule has 2 aromatic carbocycles. The molecule has 0 saturated carbocycles. The van der Waals surface area contributed by atoms with Crippen molar-refractivity contribution in [3.05, 3.63) is 59.2 Å². The first-order valence-electron chi connectivity index (χ1n) is 8.31. The summed E-state index contributed by atoms with van der Waals surface area (Å²) < 4.78 is 29.2. The lowest BCUT2D eigenvalue weighted by atomic mass is 10.0. The van der Waals surface area contributed by atoms with Crippen molar-refractivity contribution in [2.75, 3.05) is 12.9 Å². The Morgan fingerprint density at radius 2 is 1.88 bits per heavy atom. The third-order valence-electron chi connectivity index (χ3n) is 3.87. The summed E-state index contributed by atoms with van der Waals surface area (Å²) in [7, 11) is -2.73. The van der Waals surface area contributed by atoms with Gasteiger partial charge in [0.2, 0.25) is 10.0 Å². The van der Waals surface area contributed by atoms with Crippen LogP contribution in [0.3, 0.4) is 0 Å². The van der Waals surface area contributed by atoms with Gasteiger partial charge in [0.25, 0.3) is 0 Å². The molecule has 2 aromatic rings. The number of carbonyl (C=O) groups is 1. The molecule has 0 bridgehead atoms. The van der Waals surface area contributed by atoms with Gasteiger partial charge >= 0.3 is 5.97 Å². The number of carbonyl (C=O) groups excluding carboxylic acids is 1. The topological polar surface area (TPSA) is 86.5 Å². The van der Waals surface area contributed by atoms with Gasteiger partial charge < -0.3 is 4.74 Å². The fraction of sp³-hybridized carbons (Fsp3) is 0.316. The van der Waals surface area contributed by atoms with Gasteiger partial charge in [0, 0.05) is 4.90 Å². The molecule has 2 rings (SSSR count). The Balaban J connectivity index is 2.60. The van der Waals surface area contributed by atoms with Crippen LogP contribution in [0.25, 0.3) is 0 Å². The molecule has 0 spiro atoms. The Hall–Kier alpha value is -1.83. The predicted octanol–water partition coefficient (Wildman–Crippen LogP) is 3.60. The molecule has 0 amide bonds. The zero-order valence-corrected chi connectivity index (χ0v) is 16.5. The maximum Gasteiger partial charge on any atom is 0.337 e. The maximum atomic E-state index is 12.2. The van der Waals surface area contributed by atoms with Crippen molar-refractivity contribution in [2.45, 2.75) is 36.0 Å². The van der Waals surface area contributed by atoms with Gasteiger partial charge in [-0.25, -0.2) is 18.4 Å². The highest BCUT2D eigenvalue weighted by Crippen LogP contribution is 2.32. The summed E-state index contributed by atoms with van der Waals surface area (Å²) in [6.07, 6.45) is 2.44. The van der Waals surface area contributed by atoms with Gasteiger partial charge in [0.1, 0.15) is 0 Å². The van der Waals surface area contributed by atoms with Crippen LogP contribution in [0.15, 0.2) is 52.3 Å². The SMILES string of the molecule is CCCCSc1cc(C(=O)OC)cc(S(N)(=O)=O)c1Cc1ccccc1. The quantitative estimate of drug-likeness (QED) is 0.421. The van der Waals surface area contributed by atoms with E-state index in [4.69, 9.17) is 9.88 Å². The van der Waals surface area contributed by atoms with E-state index in [1.807, 2.05) is 30.3 Å². The van der Waals surface area contributed by atoms with E-state index in [1.165, 1.54) is 24.9 Å². The van der Waals surface area contributed by atoms with Crippen LogP contribution >= 0.6 is 11.8 Å². The summed E-state index contributed by atoms with van der Waals surface area (Å²) in [5, 5.41) is 5.46. The zero-order chi connectivity index (χ0) is 19.2. The van der Waals surface area contributed by atoms with Crippen molar-refractivity contribution in [3.8, 4) is 0 Å². The number of benzene rings is 2. The van der Waals surface area contributed by atoms with Crippen molar-refractivity contribution in [3.63, 3.8) is 0 Å². The van der Waals surface area contributed by atoms with E-state index in [0.717, 1.165) is 29.1 Å². The third-order valence-corrected chi connectivity index (χ3v) is 6.02. The number of unbranched alkanes of at least 4 members (excludes halogenated alkanes) is 1. The number of methoxy groups -OCH3 is 1. The van der Waals surface area contributed by atoms with Crippen LogP contribution in [0, 0.1) is 0 Å². The highest BCUT2D eigenvalue weighted by molar-refractivity contribution is 7.99. The number of hydrogen-bond donors (Lipinski definition) is 1. The van der Waals surface area contributed by atoms with E-state index in [9.17, 15) is 13.2 Å². The molecule has 2 N–H and O–H groups in total. The highest BCUT2D eigenvalue weighted by Gasteiger charge is 2.22. The number of thioether (sulfide) groups is 1. The summed E-state index contributed by atoms with van der Waals surface area (Å²) in [5.41, 5.74) is 1.78. The van der Waals surface area contributed by atoms with Gasteiger partial charge in [-0.05, 0) is 41.9 Å². The standard InChI is InChI=1S/C19H23NO4S2/c1-3-4-10-25-17-12-15(19(21)24-2)13-18(26(20,22)23)16(17)11-14-8-6-5-7-9-14/h5-9,12-13H,3-4,10-11H2,1-2H3,(H2,20,22,23). The second kappa shape index (κ2) is 9.21. The summed E-state index contributed by atoms with van der Waals surface area (Å²) in [4.78, 5) is 12.7. The molecule has 0 aliphatic rings. The van der Waals surface area contributed by atoms with E-state index < -0.39 is 16.0 Å². The van der Waals surface area contributed by atoms with E-state index in [2.05, 4.69) is 6.92 Å². The Morgan fingerprint density at radius 1 is 1.19 bits per heavy atom. The lowest BCUT2D eigenvalue weighted by Crippen LogP contribution is -2.17. The van der Waals surface area contributed by atoms with Gasteiger partial charge in [-0.1, -0.05) is 43.7 Å². The van der Waals surface area contributed by atoms with E-state index in [0.29, 0.717) is 12.0 Å². The first kappa shape index (κ1) is 20.5. The molecule has 140 valence electrons. The van der Waals surface area contributed by atoms with Crippen molar-refractivity contribution in [2.24, 2.45) is 5.14 Å². The van der Waals surface area contributed by atoms with Crippen molar-refractivity contribution >= 4 is 27.8 Å². The van der Waals surface area contributed by atoms with E-state index in [1.54, 1.807) is 6.07 Å². The van der Waals surface area contributed by atoms with Crippen molar-refractivity contribution in [1.82, 2.24) is 0 Å². The van der Waals surface area contributed by atoms with Crippen LogP contribution in [-0.4, -0.2) is 27.2 Å². The van der Waals surface area contributed by atoms with Gasteiger partial charge in [-0.2, -0.15) is 0 Å². The molecule has 0 aliphatic heterocycles. The van der Waals surface area contributed by atoms with Gasteiger partial charge in [-0.3, -0.25) is 0 Å². The monoisotopic (exact) mass is 393 g/mol. The maximum absolute atomic E-state index is 12.2. The van der Waals surface area contributed by atoms with Crippen LogP contribution in [0.1, 0.15) is 41.3 Å². The third kappa shape index (κ3) is 5.33. The summed E-state index contributed by atoms with van der Waals surface area (Å²) in [6.45, 7) is 2.09. The minimum Gasteiger partial charge on any atom is -0.465 e. The summed E-state index contributed by atoms with van der Waals surface area (Å²) in [6, 6.07) is 12.6. The summed E-state index contributed by atoms with van der Waals surface area (Å²) >= 11 is 1.54.